The lowest BCUT2D eigenvalue weighted by atomic mass is 9.86. The predicted molar refractivity (Wildman–Crippen MR) is 86.4 cm³/mol. The lowest BCUT2D eigenvalue weighted by Crippen LogP contribution is -2.20. The van der Waals surface area contributed by atoms with Gasteiger partial charge in [0.1, 0.15) is 0 Å². The first-order valence-corrected chi connectivity index (χ1v) is 8.02. The van der Waals surface area contributed by atoms with Gasteiger partial charge in [0.25, 0.3) is 0 Å². The highest BCUT2D eigenvalue weighted by Gasteiger charge is 2.21. The van der Waals surface area contributed by atoms with Gasteiger partial charge in [-0.3, -0.25) is 4.79 Å². The second-order valence-corrected chi connectivity index (χ2v) is 6.68. The average molecular weight is 302 g/mol. The molecule has 0 aliphatic heterocycles. The average Bonchev–Trinajstić information content (AvgIpc) is 2.53. The van der Waals surface area contributed by atoms with Crippen molar-refractivity contribution in [2.24, 2.45) is 16.8 Å². The summed E-state index contributed by atoms with van der Waals surface area (Å²) in [6, 6.07) is 5.36. The van der Waals surface area contributed by atoms with Crippen molar-refractivity contribution in [2.45, 2.75) is 32.6 Å². The quantitative estimate of drug-likeness (QED) is 0.387. The number of oxime groups is 1. The summed E-state index contributed by atoms with van der Waals surface area (Å²) < 4.78 is 0.916. The van der Waals surface area contributed by atoms with Gasteiger partial charge in [-0.05, 0) is 37.3 Å². The van der Waals surface area contributed by atoms with Crippen molar-refractivity contribution in [3.63, 3.8) is 0 Å². The zero-order chi connectivity index (χ0) is 15.0. The van der Waals surface area contributed by atoms with E-state index < -0.39 is 0 Å². The van der Waals surface area contributed by atoms with Gasteiger partial charge in [-0.25, -0.2) is 0 Å². The maximum absolute atomic E-state index is 12.6. The standard InChI is InChI=1S/C16H18N2O2S/c1-2-9-3-5-11-13(7-9)21-14-8-10(16(17)18-20)4-6-12(14)15(11)19/h4,6,8-9,20H,2-3,5,7H2,1H3,(H2,17,18). The molecule has 1 aromatic carbocycles. The van der Waals surface area contributed by atoms with E-state index in [-0.39, 0.29) is 11.3 Å². The number of rotatable bonds is 2. The monoisotopic (exact) mass is 302 g/mol. The lowest BCUT2D eigenvalue weighted by molar-refractivity contribution is 0.318. The minimum atomic E-state index is 0.0701. The Kier molecular flexibility index (Phi) is 3.68. The number of nitrogens with two attached hydrogens (primary N) is 1. The van der Waals surface area contributed by atoms with Gasteiger partial charge in [0.15, 0.2) is 11.3 Å². The number of benzene rings is 1. The molecule has 1 aliphatic rings. The first kappa shape index (κ1) is 14.1. The Morgan fingerprint density at radius 1 is 1.52 bits per heavy atom. The topological polar surface area (TPSA) is 75.7 Å². The molecule has 0 radical (unpaired) electrons. The molecule has 2 aromatic rings. The van der Waals surface area contributed by atoms with E-state index in [9.17, 15) is 4.79 Å². The number of hydrogen-bond acceptors (Lipinski definition) is 4. The molecular formula is C16H18N2O2S. The van der Waals surface area contributed by atoms with Crippen LogP contribution in [0, 0.1) is 5.92 Å². The zero-order valence-electron chi connectivity index (χ0n) is 11.9. The molecule has 1 heterocycles. The molecule has 1 unspecified atom stereocenters. The van der Waals surface area contributed by atoms with Crippen molar-refractivity contribution in [1.29, 1.82) is 0 Å². The molecule has 0 bridgehead atoms. The Balaban J connectivity index is 2.18. The van der Waals surface area contributed by atoms with E-state index in [0.29, 0.717) is 11.5 Å². The van der Waals surface area contributed by atoms with Crippen molar-refractivity contribution in [2.75, 3.05) is 0 Å². The predicted octanol–water partition coefficient (Wildman–Crippen LogP) is 2.87. The van der Waals surface area contributed by atoms with Gasteiger partial charge >= 0.3 is 0 Å². The number of fused-ring (bicyclic) bond motifs is 2. The van der Waals surface area contributed by atoms with Gasteiger partial charge < -0.3 is 10.9 Å². The second-order valence-electron chi connectivity index (χ2n) is 5.55. The van der Waals surface area contributed by atoms with E-state index >= 15 is 0 Å². The van der Waals surface area contributed by atoms with Gasteiger partial charge in [0, 0.05) is 26.1 Å². The summed E-state index contributed by atoms with van der Waals surface area (Å²) in [7, 11) is 0. The number of amidine groups is 1. The smallest absolute Gasteiger partial charge is 0.191 e. The largest absolute Gasteiger partial charge is 0.409 e. The third-order valence-electron chi connectivity index (χ3n) is 4.33. The minimum absolute atomic E-state index is 0.0701. The highest BCUT2D eigenvalue weighted by molar-refractivity contribution is 7.18. The molecule has 1 aromatic heterocycles. The number of hydrogen-bond donors (Lipinski definition) is 2. The molecule has 0 spiro atoms. The van der Waals surface area contributed by atoms with Crippen molar-refractivity contribution >= 4 is 27.3 Å². The fraction of sp³-hybridized carbons (Fsp3) is 0.375. The number of nitrogens with zero attached hydrogens (tertiary/aromatic N) is 1. The molecule has 4 nitrogen and oxygen atoms in total. The molecule has 0 fully saturated rings. The molecule has 110 valence electrons. The van der Waals surface area contributed by atoms with Crippen molar-refractivity contribution < 1.29 is 5.21 Å². The van der Waals surface area contributed by atoms with Crippen LogP contribution in [-0.2, 0) is 12.8 Å². The van der Waals surface area contributed by atoms with Gasteiger partial charge in [0.05, 0.1) is 0 Å². The van der Waals surface area contributed by atoms with Crippen LogP contribution < -0.4 is 11.2 Å². The summed E-state index contributed by atoms with van der Waals surface area (Å²) in [5, 5.41) is 12.5. The Morgan fingerprint density at radius 2 is 2.33 bits per heavy atom. The molecule has 21 heavy (non-hydrogen) atoms. The van der Waals surface area contributed by atoms with E-state index in [1.54, 1.807) is 23.5 Å². The van der Waals surface area contributed by atoms with Gasteiger partial charge in [0.2, 0.25) is 0 Å². The summed E-state index contributed by atoms with van der Waals surface area (Å²) in [6.45, 7) is 2.20. The van der Waals surface area contributed by atoms with Crippen molar-refractivity contribution in [1.82, 2.24) is 0 Å². The summed E-state index contributed by atoms with van der Waals surface area (Å²) in [4.78, 5) is 13.8. The van der Waals surface area contributed by atoms with E-state index in [1.165, 1.54) is 4.88 Å². The molecule has 1 aliphatic carbocycles. The molecule has 0 saturated carbocycles. The Hall–Kier alpha value is -1.88. The lowest BCUT2D eigenvalue weighted by Gasteiger charge is -2.22. The molecular weight excluding hydrogens is 284 g/mol. The van der Waals surface area contributed by atoms with Crippen LogP contribution in [0.5, 0.6) is 0 Å². The van der Waals surface area contributed by atoms with Crippen LogP contribution in [0.25, 0.3) is 10.1 Å². The fourth-order valence-corrected chi connectivity index (χ4v) is 4.33. The third kappa shape index (κ3) is 2.42. The molecule has 5 heteroatoms. The molecule has 0 amide bonds. The van der Waals surface area contributed by atoms with E-state index in [2.05, 4.69) is 12.1 Å². The van der Waals surface area contributed by atoms with E-state index in [0.717, 1.165) is 41.3 Å². The fourth-order valence-electron chi connectivity index (χ4n) is 2.97. The van der Waals surface area contributed by atoms with E-state index in [1.807, 2.05) is 6.07 Å². The van der Waals surface area contributed by atoms with Crippen LogP contribution in [0.3, 0.4) is 0 Å². The third-order valence-corrected chi connectivity index (χ3v) is 5.54. The van der Waals surface area contributed by atoms with Crippen LogP contribution in [0.15, 0.2) is 28.1 Å². The van der Waals surface area contributed by atoms with Crippen molar-refractivity contribution in [3.8, 4) is 0 Å². The first-order chi connectivity index (χ1) is 10.1. The van der Waals surface area contributed by atoms with Gasteiger partial charge in [-0.2, -0.15) is 0 Å². The Morgan fingerprint density at radius 3 is 3.05 bits per heavy atom. The van der Waals surface area contributed by atoms with Crippen LogP contribution in [0.1, 0.15) is 35.8 Å². The van der Waals surface area contributed by atoms with Crippen LogP contribution in [-0.4, -0.2) is 11.0 Å². The Labute approximate surface area is 126 Å². The molecule has 0 saturated heterocycles. The van der Waals surface area contributed by atoms with E-state index in [4.69, 9.17) is 10.9 Å². The SMILES string of the molecule is CCC1CCc2c(sc3cc(/C(N)=N/O)ccc3c2=O)C1. The Bertz CT molecular complexity index is 780. The zero-order valence-corrected chi connectivity index (χ0v) is 12.7. The summed E-state index contributed by atoms with van der Waals surface area (Å²) >= 11 is 1.67. The normalized spacial score (nSPS) is 18.7. The summed E-state index contributed by atoms with van der Waals surface area (Å²) in [6.07, 6.45) is 4.15. The van der Waals surface area contributed by atoms with Gasteiger partial charge in [-0.15, -0.1) is 11.3 Å². The summed E-state index contributed by atoms with van der Waals surface area (Å²) in [5.74, 6) is 0.749. The maximum atomic E-state index is 12.6. The first-order valence-electron chi connectivity index (χ1n) is 7.20. The van der Waals surface area contributed by atoms with Crippen LogP contribution in [0.2, 0.25) is 0 Å². The highest BCUT2D eigenvalue weighted by atomic mass is 32.1. The van der Waals surface area contributed by atoms with Crippen molar-refractivity contribution in [3.05, 3.63) is 44.4 Å². The summed E-state index contributed by atoms with van der Waals surface area (Å²) in [5.41, 5.74) is 7.42. The molecule has 3 rings (SSSR count). The molecule has 1 atom stereocenters. The van der Waals surface area contributed by atoms with Crippen LogP contribution >= 0.6 is 11.3 Å². The van der Waals surface area contributed by atoms with Crippen LogP contribution in [0.4, 0.5) is 0 Å². The maximum Gasteiger partial charge on any atom is 0.191 e. The highest BCUT2D eigenvalue weighted by Crippen LogP contribution is 2.32. The minimum Gasteiger partial charge on any atom is -0.409 e. The second kappa shape index (κ2) is 5.48. The van der Waals surface area contributed by atoms with Gasteiger partial charge in [-0.1, -0.05) is 24.6 Å². The molecule has 3 N–H and O–H groups in total.